The molecule has 2 nitrogen and oxygen atoms in total. The lowest BCUT2D eigenvalue weighted by molar-refractivity contribution is 0.399. The van der Waals surface area contributed by atoms with E-state index in [9.17, 15) is 0 Å². The van der Waals surface area contributed by atoms with Gasteiger partial charge in [0, 0.05) is 12.5 Å². The SMILES string of the molecule is c1ccc2sc(CC3CCCCN3)nc2c1. The van der Waals surface area contributed by atoms with Crippen molar-refractivity contribution in [3.8, 4) is 0 Å². The molecule has 1 aliphatic rings. The Balaban J connectivity index is 1.78. The Kier molecular flexibility index (Phi) is 2.89. The molecule has 84 valence electrons. The van der Waals surface area contributed by atoms with Gasteiger partial charge in [0.2, 0.25) is 0 Å². The molecule has 0 saturated carbocycles. The Hall–Kier alpha value is -0.930. The molecule has 0 aliphatic carbocycles. The minimum absolute atomic E-state index is 0.648. The summed E-state index contributed by atoms with van der Waals surface area (Å²) in [4.78, 5) is 4.69. The fourth-order valence-corrected chi connectivity index (χ4v) is 3.36. The standard InChI is InChI=1S/C13H16N2S/c1-2-7-12-11(6-1)15-13(16-12)9-10-5-3-4-8-14-10/h1-2,6-7,10,14H,3-5,8-9H2. The molecule has 3 heteroatoms. The smallest absolute Gasteiger partial charge is 0.0954 e. The number of hydrogen-bond acceptors (Lipinski definition) is 3. The van der Waals surface area contributed by atoms with Crippen molar-refractivity contribution in [3.63, 3.8) is 0 Å². The lowest BCUT2D eigenvalue weighted by Gasteiger charge is -2.22. The van der Waals surface area contributed by atoms with E-state index in [1.807, 2.05) is 11.3 Å². The first-order chi connectivity index (χ1) is 7.92. The Morgan fingerprint density at radius 1 is 1.31 bits per heavy atom. The molecule has 1 aliphatic heterocycles. The Labute approximate surface area is 99.7 Å². The number of nitrogens with one attached hydrogen (secondary N) is 1. The first-order valence-corrected chi connectivity index (χ1v) is 6.81. The van der Waals surface area contributed by atoms with E-state index in [1.165, 1.54) is 35.5 Å². The van der Waals surface area contributed by atoms with Gasteiger partial charge in [-0.05, 0) is 31.5 Å². The molecule has 1 atom stereocenters. The maximum atomic E-state index is 4.69. The summed E-state index contributed by atoms with van der Waals surface area (Å²) < 4.78 is 1.31. The highest BCUT2D eigenvalue weighted by Gasteiger charge is 2.14. The molecular weight excluding hydrogens is 216 g/mol. The summed E-state index contributed by atoms with van der Waals surface area (Å²) in [5, 5.41) is 4.86. The number of piperidine rings is 1. The molecule has 3 rings (SSSR count). The quantitative estimate of drug-likeness (QED) is 0.861. The average Bonchev–Trinajstić information content (AvgIpc) is 2.72. The molecule has 2 heterocycles. The van der Waals surface area contributed by atoms with E-state index in [-0.39, 0.29) is 0 Å². The number of hydrogen-bond donors (Lipinski definition) is 1. The minimum atomic E-state index is 0.648. The van der Waals surface area contributed by atoms with Gasteiger partial charge in [-0.2, -0.15) is 0 Å². The normalized spacial score (nSPS) is 21.4. The number of rotatable bonds is 2. The van der Waals surface area contributed by atoms with Crippen LogP contribution in [0.1, 0.15) is 24.3 Å². The summed E-state index contributed by atoms with van der Waals surface area (Å²) in [5.74, 6) is 0. The number of nitrogens with zero attached hydrogens (tertiary/aromatic N) is 1. The molecule has 0 radical (unpaired) electrons. The highest BCUT2D eigenvalue weighted by molar-refractivity contribution is 7.18. The zero-order valence-corrected chi connectivity index (χ0v) is 10.1. The first-order valence-electron chi connectivity index (χ1n) is 6.00. The Bertz CT molecular complexity index is 438. The summed E-state index contributed by atoms with van der Waals surface area (Å²) in [7, 11) is 0. The topological polar surface area (TPSA) is 24.9 Å². The van der Waals surface area contributed by atoms with Crippen LogP contribution in [0.3, 0.4) is 0 Å². The van der Waals surface area contributed by atoms with Crippen molar-refractivity contribution < 1.29 is 0 Å². The van der Waals surface area contributed by atoms with Crippen molar-refractivity contribution in [1.29, 1.82) is 0 Å². The second kappa shape index (κ2) is 4.52. The van der Waals surface area contributed by atoms with Crippen molar-refractivity contribution in [3.05, 3.63) is 29.3 Å². The van der Waals surface area contributed by atoms with Crippen LogP contribution < -0.4 is 5.32 Å². The zero-order valence-electron chi connectivity index (χ0n) is 9.28. The third-order valence-electron chi connectivity index (χ3n) is 3.17. The fraction of sp³-hybridized carbons (Fsp3) is 0.462. The maximum Gasteiger partial charge on any atom is 0.0954 e. The Morgan fingerprint density at radius 2 is 2.25 bits per heavy atom. The van der Waals surface area contributed by atoms with E-state index in [0.29, 0.717) is 6.04 Å². The monoisotopic (exact) mass is 232 g/mol. The van der Waals surface area contributed by atoms with E-state index in [2.05, 4.69) is 34.6 Å². The average molecular weight is 232 g/mol. The number of fused-ring (bicyclic) bond motifs is 1. The molecule has 1 N–H and O–H groups in total. The summed E-state index contributed by atoms with van der Waals surface area (Å²) in [6, 6.07) is 9.05. The Morgan fingerprint density at radius 3 is 3.06 bits per heavy atom. The van der Waals surface area contributed by atoms with Gasteiger partial charge in [0.15, 0.2) is 0 Å². The van der Waals surface area contributed by atoms with Gasteiger partial charge in [-0.25, -0.2) is 4.98 Å². The summed E-state index contributed by atoms with van der Waals surface area (Å²) >= 11 is 1.84. The van der Waals surface area contributed by atoms with Crippen LogP contribution in [0.15, 0.2) is 24.3 Å². The van der Waals surface area contributed by atoms with Crippen molar-refractivity contribution in [2.75, 3.05) is 6.54 Å². The van der Waals surface area contributed by atoms with Crippen LogP contribution in [0.5, 0.6) is 0 Å². The fourth-order valence-electron chi connectivity index (χ4n) is 2.32. The number of aromatic nitrogens is 1. The first kappa shape index (κ1) is 10.2. The van der Waals surface area contributed by atoms with Crippen LogP contribution in [-0.4, -0.2) is 17.6 Å². The van der Waals surface area contributed by atoms with Gasteiger partial charge in [-0.1, -0.05) is 18.6 Å². The predicted molar refractivity (Wildman–Crippen MR) is 69.0 cm³/mol. The number of benzene rings is 1. The molecule has 1 unspecified atom stereocenters. The van der Waals surface area contributed by atoms with Gasteiger partial charge in [0.25, 0.3) is 0 Å². The van der Waals surface area contributed by atoms with Crippen LogP contribution in [-0.2, 0) is 6.42 Å². The molecule has 0 bridgehead atoms. The molecule has 0 amide bonds. The van der Waals surface area contributed by atoms with Gasteiger partial charge in [0.1, 0.15) is 0 Å². The van der Waals surface area contributed by atoms with E-state index < -0.39 is 0 Å². The predicted octanol–water partition coefficient (Wildman–Crippen LogP) is 2.98. The van der Waals surface area contributed by atoms with Crippen LogP contribution in [0.2, 0.25) is 0 Å². The number of thiazole rings is 1. The van der Waals surface area contributed by atoms with Crippen LogP contribution in [0, 0.1) is 0 Å². The second-order valence-electron chi connectivity index (χ2n) is 4.43. The van der Waals surface area contributed by atoms with Crippen LogP contribution in [0.4, 0.5) is 0 Å². The minimum Gasteiger partial charge on any atom is -0.314 e. The second-order valence-corrected chi connectivity index (χ2v) is 5.54. The molecule has 1 aromatic heterocycles. The molecular formula is C13H16N2S. The molecule has 0 spiro atoms. The third-order valence-corrected chi connectivity index (χ3v) is 4.23. The van der Waals surface area contributed by atoms with Crippen molar-refractivity contribution in [2.45, 2.75) is 31.7 Å². The van der Waals surface area contributed by atoms with Gasteiger partial charge in [0.05, 0.1) is 15.2 Å². The molecule has 1 saturated heterocycles. The summed E-state index contributed by atoms with van der Waals surface area (Å²) in [6.45, 7) is 1.18. The number of para-hydroxylation sites is 1. The lowest BCUT2D eigenvalue weighted by atomic mass is 10.0. The highest BCUT2D eigenvalue weighted by Crippen LogP contribution is 2.23. The molecule has 1 fully saturated rings. The van der Waals surface area contributed by atoms with Gasteiger partial charge >= 0.3 is 0 Å². The van der Waals surface area contributed by atoms with Gasteiger partial charge in [-0.15, -0.1) is 11.3 Å². The van der Waals surface area contributed by atoms with E-state index in [0.717, 1.165) is 11.9 Å². The summed E-state index contributed by atoms with van der Waals surface area (Å²) in [6.07, 6.45) is 5.09. The largest absolute Gasteiger partial charge is 0.314 e. The highest BCUT2D eigenvalue weighted by atomic mass is 32.1. The summed E-state index contributed by atoms with van der Waals surface area (Å²) in [5.41, 5.74) is 1.15. The van der Waals surface area contributed by atoms with Crippen LogP contribution in [0.25, 0.3) is 10.2 Å². The third kappa shape index (κ3) is 2.11. The molecule has 16 heavy (non-hydrogen) atoms. The van der Waals surface area contributed by atoms with Crippen LogP contribution >= 0.6 is 11.3 Å². The van der Waals surface area contributed by atoms with Gasteiger partial charge < -0.3 is 5.32 Å². The lowest BCUT2D eigenvalue weighted by Crippen LogP contribution is -2.35. The molecule has 2 aromatic rings. The van der Waals surface area contributed by atoms with E-state index >= 15 is 0 Å². The van der Waals surface area contributed by atoms with Crippen molar-refractivity contribution in [1.82, 2.24) is 10.3 Å². The van der Waals surface area contributed by atoms with Gasteiger partial charge in [-0.3, -0.25) is 0 Å². The maximum absolute atomic E-state index is 4.69. The van der Waals surface area contributed by atoms with E-state index in [1.54, 1.807) is 0 Å². The molecule has 1 aromatic carbocycles. The van der Waals surface area contributed by atoms with Crippen molar-refractivity contribution in [2.24, 2.45) is 0 Å². The van der Waals surface area contributed by atoms with Crippen molar-refractivity contribution >= 4 is 21.6 Å². The van der Waals surface area contributed by atoms with E-state index in [4.69, 9.17) is 0 Å². The zero-order chi connectivity index (χ0) is 10.8.